The lowest BCUT2D eigenvalue weighted by Crippen LogP contribution is -2.21. The van der Waals surface area contributed by atoms with Gasteiger partial charge in [-0.3, -0.25) is 4.79 Å². The number of nitrogens with one attached hydrogen (secondary N) is 1. The van der Waals surface area contributed by atoms with Crippen LogP contribution in [0.1, 0.15) is 21.5 Å². The quantitative estimate of drug-likeness (QED) is 0.387. The number of ether oxygens (including phenoxy) is 1. The molecule has 4 aromatic rings. The summed E-state index contributed by atoms with van der Waals surface area (Å²) in [5.41, 5.74) is 5.00. The maximum Gasteiger partial charge on any atom is 0.338 e. The van der Waals surface area contributed by atoms with Gasteiger partial charge in [0, 0.05) is 11.3 Å². The topological polar surface area (TPSA) is 55.4 Å². The smallest absolute Gasteiger partial charge is 0.338 e. The van der Waals surface area contributed by atoms with Crippen LogP contribution < -0.4 is 5.32 Å². The van der Waals surface area contributed by atoms with E-state index in [1.807, 2.05) is 97.1 Å². The molecule has 0 saturated carbocycles. The zero-order valence-corrected chi connectivity index (χ0v) is 17.5. The first-order chi connectivity index (χ1) is 15.7. The number of amides is 1. The van der Waals surface area contributed by atoms with E-state index < -0.39 is 5.97 Å². The SMILES string of the molecule is O=C(COC(=O)c1ccccc1Cc1ccccc1)Nc1ccccc1-c1ccccc1. The molecule has 0 aromatic heterocycles. The third kappa shape index (κ3) is 5.29. The lowest BCUT2D eigenvalue weighted by Gasteiger charge is -2.12. The molecule has 0 heterocycles. The monoisotopic (exact) mass is 421 g/mol. The van der Waals surface area contributed by atoms with Gasteiger partial charge in [-0.15, -0.1) is 0 Å². The van der Waals surface area contributed by atoms with E-state index in [0.29, 0.717) is 17.7 Å². The molecular formula is C28H23NO3. The second-order valence-electron chi connectivity index (χ2n) is 7.36. The molecule has 0 aliphatic carbocycles. The zero-order valence-electron chi connectivity index (χ0n) is 17.5. The molecule has 0 bridgehead atoms. The maximum atomic E-state index is 12.7. The lowest BCUT2D eigenvalue weighted by molar-refractivity contribution is -0.119. The Balaban J connectivity index is 1.41. The Hall–Kier alpha value is -4.18. The fraction of sp³-hybridized carbons (Fsp3) is 0.0714. The van der Waals surface area contributed by atoms with E-state index in [1.54, 1.807) is 12.1 Å². The summed E-state index contributed by atoms with van der Waals surface area (Å²) in [6, 6.07) is 34.6. The number of rotatable bonds is 7. The normalized spacial score (nSPS) is 10.4. The molecule has 0 unspecified atom stereocenters. The van der Waals surface area contributed by atoms with E-state index >= 15 is 0 Å². The summed E-state index contributed by atoms with van der Waals surface area (Å²) in [4.78, 5) is 25.2. The average Bonchev–Trinajstić information content (AvgIpc) is 2.84. The maximum absolute atomic E-state index is 12.7. The number of esters is 1. The van der Waals surface area contributed by atoms with Gasteiger partial charge in [0.1, 0.15) is 0 Å². The van der Waals surface area contributed by atoms with Crippen molar-refractivity contribution >= 4 is 17.6 Å². The Morgan fingerprint density at radius 3 is 2.09 bits per heavy atom. The summed E-state index contributed by atoms with van der Waals surface area (Å²) in [6.45, 7) is -0.359. The van der Waals surface area contributed by atoms with Crippen molar-refractivity contribution in [3.8, 4) is 11.1 Å². The van der Waals surface area contributed by atoms with Gasteiger partial charge in [-0.1, -0.05) is 97.1 Å². The number of carbonyl (C=O) groups is 2. The number of carbonyl (C=O) groups excluding carboxylic acids is 2. The molecule has 4 aromatic carbocycles. The molecule has 0 fully saturated rings. The Morgan fingerprint density at radius 1 is 0.688 bits per heavy atom. The summed E-state index contributed by atoms with van der Waals surface area (Å²) < 4.78 is 5.34. The second kappa shape index (κ2) is 10.2. The summed E-state index contributed by atoms with van der Waals surface area (Å²) >= 11 is 0. The predicted molar refractivity (Wildman–Crippen MR) is 126 cm³/mol. The third-order valence-corrected chi connectivity index (χ3v) is 5.09. The van der Waals surface area contributed by atoms with Crippen LogP contribution in [0.4, 0.5) is 5.69 Å². The van der Waals surface area contributed by atoms with Gasteiger partial charge in [0.2, 0.25) is 0 Å². The Labute approximate surface area is 187 Å². The van der Waals surface area contributed by atoms with Gasteiger partial charge in [-0.05, 0) is 35.2 Å². The van der Waals surface area contributed by atoms with Crippen molar-refractivity contribution in [3.05, 3.63) is 126 Å². The molecule has 0 aliphatic heterocycles. The first-order valence-corrected chi connectivity index (χ1v) is 10.4. The molecule has 158 valence electrons. The molecule has 0 radical (unpaired) electrons. The van der Waals surface area contributed by atoms with E-state index in [0.717, 1.165) is 22.3 Å². The van der Waals surface area contributed by atoms with Crippen LogP contribution in [0.25, 0.3) is 11.1 Å². The fourth-order valence-electron chi connectivity index (χ4n) is 3.55. The molecule has 0 saturated heterocycles. The Kier molecular flexibility index (Phi) is 6.73. The number of hydrogen-bond acceptors (Lipinski definition) is 3. The van der Waals surface area contributed by atoms with E-state index in [4.69, 9.17) is 4.74 Å². The van der Waals surface area contributed by atoms with Gasteiger partial charge < -0.3 is 10.1 Å². The molecule has 1 amide bonds. The van der Waals surface area contributed by atoms with Gasteiger partial charge in [0.25, 0.3) is 5.91 Å². The number of hydrogen-bond donors (Lipinski definition) is 1. The summed E-state index contributed by atoms with van der Waals surface area (Å²) in [5.74, 6) is -0.898. The van der Waals surface area contributed by atoms with E-state index in [1.165, 1.54) is 0 Å². The van der Waals surface area contributed by atoms with Gasteiger partial charge in [-0.2, -0.15) is 0 Å². The van der Waals surface area contributed by atoms with Crippen LogP contribution in [-0.2, 0) is 16.0 Å². The van der Waals surface area contributed by atoms with Crippen molar-refractivity contribution in [3.63, 3.8) is 0 Å². The van der Waals surface area contributed by atoms with Crippen LogP contribution in [0.2, 0.25) is 0 Å². The minimum absolute atomic E-state index is 0.359. The molecular weight excluding hydrogens is 398 g/mol. The van der Waals surface area contributed by atoms with Crippen molar-refractivity contribution in [2.24, 2.45) is 0 Å². The minimum Gasteiger partial charge on any atom is -0.452 e. The highest BCUT2D eigenvalue weighted by Crippen LogP contribution is 2.27. The molecule has 0 atom stereocenters. The van der Waals surface area contributed by atoms with Crippen LogP contribution >= 0.6 is 0 Å². The largest absolute Gasteiger partial charge is 0.452 e. The van der Waals surface area contributed by atoms with Crippen molar-refractivity contribution in [1.82, 2.24) is 0 Å². The Bertz CT molecular complexity index is 1200. The van der Waals surface area contributed by atoms with Crippen molar-refractivity contribution in [2.75, 3.05) is 11.9 Å². The first kappa shape index (κ1) is 21.1. The number of benzene rings is 4. The molecule has 0 spiro atoms. The van der Waals surface area contributed by atoms with Gasteiger partial charge in [0.05, 0.1) is 5.56 Å². The molecule has 4 nitrogen and oxygen atoms in total. The van der Waals surface area contributed by atoms with E-state index in [-0.39, 0.29) is 12.5 Å². The predicted octanol–water partition coefficient (Wildman–Crippen LogP) is 5.74. The molecule has 0 aliphatic rings. The van der Waals surface area contributed by atoms with E-state index in [2.05, 4.69) is 5.32 Å². The molecule has 32 heavy (non-hydrogen) atoms. The van der Waals surface area contributed by atoms with Crippen LogP contribution in [0.3, 0.4) is 0 Å². The highest BCUT2D eigenvalue weighted by molar-refractivity contribution is 5.98. The van der Waals surface area contributed by atoms with Crippen LogP contribution in [0.5, 0.6) is 0 Å². The third-order valence-electron chi connectivity index (χ3n) is 5.09. The standard InChI is InChI=1S/C28H23NO3/c30-27(29-26-18-10-9-16-24(26)22-13-5-2-6-14-22)20-32-28(31)25-17-8-7-15-23(25)19-21-11-3-1-4-12-21/h1-18H,19-20H2,(H,29,30). The highest BCUT2D eigenvalue weighted by atomic mass is 16.5. The van der Waals surface area contributed by atoms with Gasteiger partial charge >= 0.3 is 5.97 Å². The average molecular weight is 421 g/mol. The summed E-state index contributed by atoms with van der Waals surface area (Å²) in [6.07, 6.45) is 0.614. The Morgan fingerprint density at radius 2 is 1.31 bits per heavy atom. The van der Waals surface area contributed by atoms with Gasteiger partial charge in [-0.25, -0.2) is 4.79 Å². The first-order valence-electron chi connectivity index (χ1n) is 10.4. The van der Waals surface area contributed by atoms with Crippen molar-refractivity contribution in [1.29, 1.82) is 0 Å². The molecule has 4 rings (SSSR count). The van der Waals surface area contributed by atoms with Gasteiger partial charge in [0.15, 0.2) is 6.61 Å². The lowest BCUT2D eigenvalue weighted by atomic mass is 10.00. The molecule has 1 N–H and O–H groups in total. The number of anilines is 1. The molecule has 4 heteroatoms. The fourth-order valence-corrected chi connectivity index (χ4v) is 3.55. The van der Waals surface area contributed by atoms with Crippen LogP contribution in [0, 0.1) is 0 Å². The highest BCUT2D eigenvalue weighted by Gasteiger charge is 2.15. The summed E-state index contributed by atoms with van der Waals surface area (Å²) in [7, 11) is 0. The van der Waals surface area contributed by atoms with E-state index in [9.17, 15) is 9.59 Å². The van der Waals surface area contributed by atoms with Crippen molar-refractivity contribution < 1.29 is 14.3 Å². The summed E-state index contributed by atoms with van der Waals surface area (Å²) in [5, 5.41) is 2.85. The zero-order chi connectivity index (χ0) is 22.2. The number of para-hydroxylation sites is 1. The van der Waals surface area contributed by atoms with Crippen LogP contribution in [0.15, 0.2) is 109 Å². The van der Waals surface area contributed by atoms with Crippen LogP contribution in [-0.4, -0.2) is 18.5 Å². The minimum atomic E-state index is -0.511. The second-order valence-corrected chi connectivity index (χ2v) is 7.36. The van der Waals surface area contributed by atoms with Crippen molar-refractivity contribution in [2.45, 2.75) is 6.42 Å².